The molecular formula is C24H16F2N2O4. The van der Waals surface area contributed by atoms with E-state index in [1.54, 1.807) is 12.1 Å². The summed E-state index contributed by atoms with van der Waals surface area (Å²) in [6, 6.07) is 17.0. The Morgan fingerprint density at radius 2 is 1.66 bits per heavy atom. The van der Waals surface area contributed by atoms with Crippen LogP contribution in [0.3, 0.4) is 0 Å². The number of hydrogen-bond acceptors (Lipinski definition) is 5. The molecule has 0 saturated heterocycles. The average molecular weight is 434 g/mol. The largest absolute Gasteiger partial charge is 0.493 e. The molecule has 6 nitrogen and oxygen atoms in total. The Labute approximate surface area is 182 Å². The summed E-state index contributed by atoms with van der Waals surface area (Å²) in [6.07, 6.45) is 1.27. The minimum atomic E-state index is -0.910. The summed E-state index contributed by atoms with van der Waals surface area (Å²) in [5.74, 6) is -2.93. The quantitative estimate of drug-likeness (QED) is 0.262. The lowest BCUT2D eigenvalue weighted by Gasteiger charge is -2.11. The number of nitrogens with zero attached hydrogens (tertiary/aromatic N) is 1. The zero-order valence-electron chi connectivity index (χ0n) is 16.8. The molecule has 0 fully saturated rings. The number of methoxy groups -OCH3 is 1. The number of para-hydroxylation sites is 1. The Kier molecular flexibility index (Phi) is 6.93. The van der Waals surface area contributed by atoms with Gasteiger partial charge in [-0.3, -0.25) is 4.79 Å². The molecule has 32 heavy (non-hydrogen) atoms. The number of esters is 1. The van der Waals surface area contributed by atoms with Gasteiger partial charge in [0.05, 0.1) is 18.4 Å². The molecule has 1 N–H and O–H groups in total. The first-order chi connectivity index (χ1) is 15.4. The zero-order chi connectivity index (χ0) is 23.1. The first kappa shape index (κ1) is 22.2. The van der Waals surface area contributed by atoms with E-state index in [0.29, 0.717) is 5.56 Å². The van der Waals surface area contributed by atoms with E-state index in [2.05, 4.69) is 5.32 Å². The van der Waals surface area contributed by atoms with Crippen molar-refractivity contribution < 1.29 is 27.8 Å². The van der Waals surface area contributed by atoms with E-state index in [0.717, 1.165) is 6.07 Å². The normalized spacial score (nSPS) is 10.8. The van der Waals surface area contributed by atoms with Crippen LogP contribution in [-0.2, 0) is 4.79 Å². The third-order valence-electron chi connectivity index (χ3n) is 4.28. The van der Waals surface area contributed by atoms with Gasteiger partial charge in [0.15, 0.2) is 11.5 Å². The van der Waals surface area contributed by atoms with Crippen LogP contribution in [0.1, 0.15) is 15.9 Å². The summed E-state index contributed by atoms with van der Waals surface area (Å²) in [7, 11) is 1.33. The van der Waals surface area contributed by atoms with Gasteiger partial charge in [-0.1, -0.05) is 30.3 Å². The van der Waals surface area contributed by atoms with Gasteiger partial charge in [0, 0.05) is 0 Å². The Balaban J connectivity index is 1.82. The predicted molar refractivity (Wildman–Crippen MR) is 113 cm³/mol. The van der Waals surface area contributed by atoms with Crippen LogP contribution in [-0.4, -0.2) is 19.0 Å². The standard InChI is InChI=1S/C24H16F2N2O4/c1-31-22-13-15(10-11-21(22)32-24(30)17-6-2-3-7-18(17)25)12-16(14-27)23(29)28-20-9-5-4-8-19(20)26/h2-13H,1H3,(H,28,29)/b16-12+. The van der Waals surface area contributed by atoms with Crippen molar-refractivity contribution in [1.29, 1.82) is 5.26 Å². The van der Waals surface area contributed by atoms with Crippen molar-refractivity contribution in [2.75, 3.05) is 12.4 Å². The number of rotatable bonds is 6. The molecule has 0 unspecified atom stereocenters. The minimum absolute atomic E-state index is 0.0206. The second kappa shape index (κ2) is 10.00. The highest BCUT2D eigenvalue weighted by atomic mass is 19.1. The summed E-state index contributed by atoms with van der Waals surface area (Å²) in [5, 5.41) is 11.7. The first-order valence-corrected chi connectivity index (χ1v) is 9.25. The van der Waals surface area contributed by atoms with Gasteiger partial charge in [0.1, 0.15) is 23.3 Å². The monoisotopic (exact) mass is 434 g/mol. The smallest absolute Gasteiger partial charge is 0.346 e. The number of nitrogens with one attached hydrogen (secondary N) is 1. The molecule has 3 aromatic carbocycles. The number of halogens is 2. The molecule has 8 heteroatoms. The highest BCUT2D eigenvalue weighted by molar-refractivity contribution is 6.09. The molecular weight excluding hydrogens is 418 g/mol. The van der Waals surface area contributed by atoms with Crippen molar-refractivity contribution in [1.82, 2.24) is 0 Å². The maximum absolute atomic E-state index is 13.8. The Hall–Kier alpha value is -4.51. The summed E-state index contributed by atoms with van der Waals surface area (Å²) in [4.78, 5) is 24.6. The topological polar surface area (TPSA) is 88.4 Å². The highest BCUT2D eigenvalue weighted by Gasteiger charge is 2.17. The lowest BCUT2D eigenvalue weighted by atomic mass is 10.1. The van der Waals surface area contributed by atoms with E-state index in [9.17, 15) is 23.6 Å². The van der Waals surface area contributed by atoms with Crippen LogP contribution >= 0.6 is 0 Å². The molecule has 0 bridgehead atoms. The van der Waals surface area contributed by atoms with Crippen LogP contribution in [0, 0.1) is 23.0 Å². The number of nitriles is 1. The van der Waals surface area contributed by atoms with Gasteiger partial charge in [-0.25, -0.2) is 13.6 Å². The molecule has 0 saturated carbocycles. The maximum Gasteiger partial charge on any atom is 0.346 e. The summed E-state index contributed by atoms with van der Waals surface area (Å²) in [6.45, 7) is 0. The van der Waals surface area contributed by atoms with Crippen LogP contribution in [0.5, 0.6) is 11.5 Å². The molecule has 0 heterocycles. The van der Waals surface area contributed by atoms with Crippen molar-refractivity contribution in [3.8, 4) is 17.6 Å². The van der Waals surface area contributed by atoms with Crippen molar-refractivity contribution >= 4 is 23.6 Å². The molecule has 160 valence electrons. The molecule has 1 amide bonds. The molecule has 0 aliphatic carbocycles. The van der Waals surface area contributed by atoms with E-state index in [-0.39, 0.29) is 28.3 Å². The molecule has 0 spiro atoms. The molecule has 3 aromatic rings. The van der Waals surface area contributed by atoms with Crippen molar-refractivity contribution in [2.24, 2.45) is 0 Å². The molecule has 0 radical (unpaired) electrons. The van der Waals surface area contributed by atoms with Gasteiger partial charge in [0.25, 0.3) is 5.91 Å². The summed E-state index contributed by atoms with van der Waals surface area (Å²) < 4.78 is 38.0. The van der Waals surface area contributed by atoms with Crippen LogP contribution < -0.4 is 14.8 Å². The van der Waals surface area contributed by atoms with Gasteiger partial charge in [-0.05, 0) is 48.0 Å². The van der Waals surface area contributed by atoms with Crippen LogP contribution in [0.15, 0.2) is 72.3 Å². The second-order valence-electron chi connectivity index (χ2n) is 6.38. The van der Waals surface area contributed by atoms with Crippen molar-refractivity contribution in [3.63, 3.8) is 0 Å². The van der Waals surface area contributed by atoms with E-state index < -0.39 is 23.5 Å². The Morgan fingerprint density at radius 1 is 0.969 bits per heavy atom. The van der Waals surface area contributed by atoms with Gasteiger partial charge in [-0.2, -0.15) is 5.26 Å². The SMILES string of the molecule is COc1cc(/C=C(\C#N)C(=O)Nc2ccccc2F)ccc1OC(=O)c1ccccc1F. The van der Waals surface area contributed by atoms with Gasteiger partial charge in [-0.15, -0.1) is 0 Å². The first-order valence-electron chi connectivity index (χ1n) is 9.25. The lowest BCUT2D eigenvalue weighted by Crippen LogP contribution is -2.14. The molecule has 0 aliphatic rings. The van der Waals surface area contributed by atoms with E-state index in [4.69, 9.17) is 9.47 Å². The molecule has 0 atom stereocenters. The number of amides is 1. The fourth-order valence-corrected chi connectivity index (χ4v) is 2.71. The summed E-state index contributed by atoms with van der Waals surface area (Å²) >= 11 is 0. The fraction of sp³-hybridized carbons (Fsp3) is 0.0417. The number of carbonyl (C=O) groups is 2. The summed E-state index contributed by atoms with van der Waals surface area (Å²) in [5.41, 5.74) is -0.207. The van der Waals surface area contributed by atoms with E-state index in [1.165, 1.54) is 67.8 Å². The van der Waals surface area contributed by atoms with Gasteiger partial charge in [0.2, 0.25) is 0 Å². The van der Waals surface area contributed by atoms with E-state index >= 15 is 0 Å². The average Bonchev–Trinajstić information content (AvgIpc) is 2.79. The third kappa shape index (κ3) is 5.15. The number of carbonyl (C=O) groups excluding carboxylic acids is 2. The number of anilines is 1. The van der Waals surface area contributed by atoms with Crippen LogP contribution in [0.2, 0.25) is 0 Å². The predicted octanol–water partition coefficient (Wildman–Crippen LogP) is 4.74. The van der Waals surface area contributed by atoms with Crippen molar-refractivity contribution in [3.05, 3.63) is 95.1 Å². The number of benzene rings is 3. The van der Waals surface area contributed by atoms with Gasteiger partial charge >= 0.3 is 5.97 Å². The van der Waals surface area contributed by atoms with Crippen LogP contribution in [0.25, 0.3) is 6.08 Å². The number of ether oxygens (including phenoxy) is 2. The molecule has 0 aromatic heterocycles. The fourth-order valence-electron chi connectivity index (χ4n) is 2.71. The molecule has 3 rings (SSSR count). The highest BCUT2D eigenvalue weighted by Crippen LogP contribution is 2.30. The lowest BCUT2D eigenvalue weighted by molar-refractivity contribution is -0.112. The van der Waals surface area contributed by atoms with Crippen LogP contribution in [0.4, 0.5) is 14.5 Å². The number of hydrogen-bond donors (Lipinski definition) is 1. The molecule has 0 aliphatic heterocycles. The van der Waals surface area contributed by atoms with E-state index in [1.807, 2.05) is 0 Å². The Bertz CT molecular complexity index is 1250. The Morgan fingerprint density at radius 3 is 2.31 bits per heavy atom. The third-order valence-corrected chi connectivity index (χ3v) is 4.28. The zero-order valence-corrected chi connectivity index (χ0v) is 16.8. The maximum atomic E-state index is 13.8. The van der Waals surface area contributed by atoms with Crippen molar-refractivity contribution in [2.45, 2.75) is 0 Å². The minimum Gasteiger partial charge on any atom is -0.493 e. The second-order valence-corrected chi connectivity index (χ2v) is 6.38. The van der Waals surface area contributed by atoms with Gasteiger partial charge < -0.3 is 14.8 Å².